The van der Waals surface area contributed by atoms with Crippen molar-refractivity contribution >= 4 is 33.6 Å². The zero-order chi connectivity index (χ0) is 23.7. The summed E-state index contributed by atoms with van der Waals surface area (Å²) in [4.78, 5) is 21.6. The maximum absolute atomic E-state index is 13.0. The van der Waals surface area contributed by atoms with E-state index in [4.69, 9.17) is 19.6 Å². The minimum Gasteiger partial charge on any atom is -0.497 e. The third-order valence-corrected chi connectivity index (χ3v) is 5.50. The minimum atomic E-state index is -0.299. The molecule has 0 bridgehead atoms. The second-order valence-corrected chi connectivity index (χ2v) is 7.70. The number of pyridine rings is 2. The molecule has 0 radical (unpaired) electrons. The number of hydrogen-bond acceptors (Lipinski definition) is 7. The molecule has 3 N–H and O–H groups in total. The number of nitrogens with one attached hydrogen (secondary N) is 1. The molecule has 3 heterocycles. The van der Waals surface area contributed by atoms with Gasteiger partial charge in [0.2, 0.25) is 0 Å². The van der Waals surface area contributed by atoms with Crippen molar-refractivity contribution in [3.8, 4) is 17.2 Å². The number of amides is 1. The zero-order valence-electron chi connectivity index (χ0n) is 18.7. The van der Waals surface area contributed by atoms with Crippen molar-refractivity contribution in [3.63, 3.8) is 0 Å². The van der Waals surface area contributed by atoms with Gasteiger partial charge < -0.3 is 24.9 Å². The van der Waals surface area contributed by atoms with E-state index in [1.54, 1.807) is 50.7 Å². The monoisotopic (exact) mass is 454 g/mol. The molecule has 0 unspecified atom stereocenters. The third kappa shape index (κ3) is 4.02. The molecular formula is C26H22N4O4. The molecule has 5 rings (SSSR count). The number of nitrogens with zero attached hydrogens (tertiary/aromatic N) is 2. The van der Waals surface area contributed by atoms with Gasteiger partial charge >= 0.3 is 0 Å². The van der Waals surface area contributed by atoms with Crippen molar-refractivity contribution in [2.24, 2.45) is 5.73 Å². The van der Waals surface area contributed by atoms with Gasteiger partial charge in [0.1, 0.15) is 34.4 Å². The van der Waals surface area contributed by atoms with Crippen LogP contribution in [0.3, 0.4) is 0 Å². The van der Waals surface area contributed by atoms with Crippen LogP contribution in [0, 0.1) is 6.92 Å². The molecular weight excluding hydrogens is 432 g/mol. The van der Waals surface area contributed by atoms with Crippen molar-refractivity contribution < 1.29 is 18.7 Å². The fourth-order valence-corrected chi connectivity index (χ4v) is 3.79. The SMILES string of the molecule is COc1ccc2c(Oc3ccc4c(C(=O)Nc5ccc(CN)cn5)c(C)oc4c3)ccnc2c1. The molecule has 170 valence electrons. The summed E-state index contributed by atoms with van der Waals surface area (Å²) in [5, 5.41) is 4.35. The number of benzene rings is 2. The molecule has 2 aromatic carbocycles. The van der Waals surface area contributed by atoms with Crippen LogP contribution in [0.4, 0.5) is 5.82 Å². The van der Waals surface area contributed by atoms with E-state index < -0.39 is 0 Å². The first-order valence-corrected chi connectivity index (χ1v) is 10.7. The zero-order valence-corrected chi connectivity index (χ0v) is 18.7. The molecule has 0 aliphatic carbocycles. The van der Waals surface area contributed by atoms with Crippen LogP contribution in [0.2, 0.25) is 0 Å². The number of hydrogen-bond donors (Lipinski definition) is 2. The van der Waals surface area contributed by atoms with Crippen LogP contribution >= 0.6 is 0 Å². The van der Waals surface area contributed by atoms with E-state index >= 15 is 0 Å². The highest BCUT2D eigenvalue weighted by Crippen LogP contribution is 2.34. The van der Waals surface area contributed by atoms with Gasteiger partial charge in [-0.15, -0.1) is 0 Å². The number of rotatable bonds is 6. The summed E-state index contributed by atoms with van der Waals surface area (Å²) in [6.07, 6.45) is 3.32. The van der Waals surface area contributed by atoms with Crippen molar-refractivity contribution in [2.75, 3.05) is 12.4 Å². The molecule has 8 nitrogen and oxygen atoms in total. The number of aromatic nitrogens is 2. The quantitative estimate of drug-likeness (QED) is 0.363. The first kappa shape index (κ1) is 21.4. The number of carbonyl (C=O) groups is 1. The molecule has 1 amide bonds. The molecule has 0 spiro atoms. The number of furan rings is 1. The fourth-order valence-electron chi connectivity index (χ4n) is 3.79. The number of methoxy groups -OCH3 is 1. The molecule has 0 aliphatic heterocycles. The van der Waals surface area contributed by atoms with Gasteiger partial charge in [-0.3, -0.25) is 9.78 Å². The smallest absolute Gasteiger partial charge is 0.260 e. The third-order valence-electron chi connectivity index (χ3n) is 5.50. The second kappa shape index (κ2) is 8.84. The van der Waals surface area contributed by atoms with Gasteiger partial charge in [-0.25, -0.2) is 4.98 Å². The van der Waals surface area contributed by atoms with Gasteiger partial charge in [0.25, 0.3) is 5.91 Å². The van der Waals surface area contributed by atoms with Crippen LogP contribution in [0.1, 0.15) is 21.7 Å². The Morgan fingerprint density at radius 3 is 2.62 bits per heavy atom. The van der Waals surface area contributed by atoms with E-state index in [9.17, 15) is 4.79 Å². The first-order valence-electron chi connectivity index (χ1n) is 10.7. The Kier molecular flexibility index (Phi) is 5.57. The highest BCUT2D eigenvalue weighted by atomic mass is 16.5. The first-order chi connectivity index (χ1) is 16.6. The molecule has 8 heteroatoms. The lowest BCUT2D eigenvalue weighted by Gasteiger charge is -2.09. The Hall–Kier alpha value is -4.43. The fraction of sp³-hybridized carbons (Fsp3) is 0.115. The number of fused-ring (bicyclic) bond motifs is 2. The van der Waals surface area contributed by atoms with Crippen LogP contribution in [-0.4, -0.2) is 23.0 Å². The summed E-state index contributed by atoms with van der Waals surface area (Å²) in [5.74, 6) is 2.60. The summed E-state index contributed by atoms with van der Waals surface area (Å²) >= 11 is 0. The Labute approximate surface area is 195 Å². The normalized spacial score (nSPS) is 11.0. The summed E-state index contributed by atoms with van der Waals surface area (Å²) in [6.45, 7) is 2.14. The molecule has 0 fully saturated rings. The van der Waals surface area contributed by atoms with Gasteiger partial charge in [-0.05, 0) is 48.9 Å². The maximum Gasteiger partial charge on any atom is 0.260 e. The number of nitrogens with two attached hydrogens (primary N) is 1. The van der Waals surface area contributed by atoms with Gasteiger partial charge in [0.05, 0.1) is 18.2 Å². The Bertz CT molecular complexity index is 1510. The van der Waals surface area contributed by atoms with Gasteiger partial charge in [-0.1, -0.05) is 6.07 Å². The average Bonchev–Trinajstić information content (AvgIpc) is 3.19. The predicted molar refractivity (Wildman–Crippen MR) is 129 cm³/mol. The van der Waals surface area contributed by atoms with E-state index in [-0.39, 0.29) is 5.91 Å². The summed E-state index contributed by atoms with van der Waals surface area (Å²) in [6, 6.07) is 16.3. The van der Waals surface area contributed by atoms with Crippen molar-refractivity contribution in [3.05, 3.63) is 83.9 Å². The maximum atomic E-state index is 13.0. The topological polar surface area (TPSA) is 112 Å². The van der Waals surface area contributed by atoms with E-state index in [0.717, 1.165) is 22.2 Å². The number of aryl methyl sites for hydroxylation is 1. The Morgan fingerprint density at radius 2 is 1.85 bits per heavy atom. The van der Waals surface area contributed by atoms with E-state index in [1.807, 2.05) is 30.3 Å². The van der Waals surface area contributed by atoms with E-state index in [0.29, 0.717) is 46.2 Å². The van der Waals surface area contributed by atoms with E-state index in [2.05, 4.69) is 15.3 Å². The highest BCUT2D eigenvalue weighted by Gasteiger charge is 2.19. The second-order valence-electron chi connectivity index (χ2n) is 7.70. The average molecular weight is 454 g/mol. The lowest BCUT2D eigenvalue weighted by Crippen LogP contribution is -2.13. The van der Waals surface area contributed by atoms with Gasteiger partial charge in [-0.2, -0.15) is 0 Å². The van der Waals surface area contributed by atoms with Crippen molar-refractivity contribution in [1.29, 1.82) is 0 Å². The molecule has 0 aliphatic rings. The summed E-state index contributed by atoms with van der Waals surface area (Å²) in [5.41, 5.74) is 8.25. The number of anilines is 1. The molecule has 0 atom stereocenters. The summed E-state index contributed by atoms with van der Waals surface area (Å²) in [7, 11) is 1.62. The minimum absolute atomic E-state index is 0.299. The lowest BCUT2D eigenvalue weighted by molar-refractivity contribution is 0.102. The number of ether oxygens (including phenoxy) is 2. The van der Waals surface area contributed by atoms with Crippen LogP contribution < -0.4 is 20.5 Å². The molecule has 34 heavy (non-hydrogen) atoms. The lowest BCUT2D eigenvalue weighted by atomic mass is 10.1. The summed E-state index contributed by atoms with van der Waals surface area (Å²) < 4.78 is 17.3. The predicted octanol–water partition coefficient (Wildman–Crippen LogP) is 5.20. The van der Waals surface area contributed by atoms with Crippen molar-refractivity contribution in [2.45, 2.75) is 13.5 Å². The van der Waals surface area contributed by atoms with Gasteiger partial charge in [0.15, 0.2) is 0 Å². The highest BCUT2D eigenvalue weighted by molar-refractivity contribution is 6.13. The standard InChI is InChI=1S/C26H22N4O4/c1-15-25(26(31)30-24-8-3-16(13-27)14-29-24)20-7-5-18(12-23(20)33-15)34-22-9-10-28-21-11-17(32-2)4-6-19(21)22/h3-12,14H,13,27H2,1-2H3,(H,29,30,31). The molecule has 3 aromatic heterocycles. The van der Waals surface area contributed by atoms with Gasteiger partial charge in [0, 0.05) is 41.8 Å². The van der Waals surface area contributed by atoms with Crippen LogP contribution in [-0.2, 0) is 6.54 Å². The van der Waals surface area contributed by atoms with Crippen molar-refractivity contribution in [1.82, 2.24) is 9.97 Å². The molecule has 0 saturated heterocycles. The largest absolute Gasteiger partial charge is 0.497 e. The molecule has 5 aromatic rings. The van der Waals surface area contributed by atoms with Crippen LogP contribution in [0.15, 0.2) is 71.4 Å². The number of carbonyl (C=O) groups excluding carboxylic acids is 1. The van der Waals surface area contributed by atoms with Crippen LogP contribution in [0.25, 0.3) is 21.9 Å². The molecule has 0 saturated carbocycles. The van der Waals surface area contributed by atoms with Crippen LogP contribution in [0.5, 0.6) is 17.2 Å². The Morgan fingerprint density at radius 1 is 1.03 bits per heavy atom. The van der Waals surface area contributed by atoms with E-state index in [1.165, 1.54) is 0 Å². The Balaban J connectivity index is 1.43.